The fourth-order valence-electron chi connectivity index (χ4n) is 3.21. The van der Waals surface area contributed by atoms with Crippen LogP contribution in [0.15, 0.2) is 24.3 Å². The first kappa shape index (κ1) is 11.1. The van der Waals surface area contributed by atoms with Crippen LogP contribution in [-0.4, -0.2) is 36.8 Å². The summed E-state index contributed by atoms with van der Waals surface area (Å²) in [7, 11) is 1.72. The third-order valence-electron chi connectivity index (χ3n) is 4.24. The zero-order chi connectivity index (χ0) is 11.8. The van der Waals surface area contributed by atoms with Gasteiger partial charge in [0.2, 0.25) is 0 Å². The summed E-state index contributed by atoms with van der Waals surface area (Å²) in [6.45, 7) is 3.61. The number of benzene rings is 1. The monoisotopic (exact) mass is 233 g/mol. The van der Waals surface area contributed by atoms with Gasteiger partial charge >= 0.3 is 0 Å². The number of ether oxygens (including phenoxy) is 1. The van der Waals surface area contributed by atoms with Gasteiger partial charge in [-0.2, -0.15) is 0 Å². The molecule has 3 nitrogen and oxygen atoms in total. The van der Waals surface area contributed by atoms with Crippen molar-refractivity contribution in [2.45, 2.75) is 6.54 Å². The minimum atomic E-state index is 0.373. The summed E-state index contributed by atoms with van der Waals surface area (Å²) in [6, 6.07) is 8.21. The van der Waals surface area contributed by atoms with Gasteiger partial charge in [-0.05, 0) is 23.8 Å². The molecule has 2 aliphatic rings. The van der Waals surface area contributed by atoms with E-state index < -0.39 is 0 Å². The highest BCUT2D eigenvalue weighted by atomic mass is 16.5. The van der Waals surface area contributed by atoms with E-state index >= 15 is 0 Å². The number of aliphatic hydroxyl groups excluding tert-OH is 1. The maximum atomic E-state index is 9.13. The first-order valence-electron chi connectivity index (χ1n) is 6.28. The third kappa shape index (κ3) is 1.94. The number of piperidine rings is 1. The molecule has 0 bridgehead atoms. The van der Waals surface area contributed by atoms with Crippen molar-refractivity contribution in [2.24, 2.45) is 17.8 Å². The van der Waals surface area contributed by atoms with Crippen LogP contribution in [0.25, 0.3) is 0 Å². The number of hydrogen-bond acceptors (Lipinski definition) is 3. The Bertz CT molecular complexity index is 395. The number of fused-ring (bicyclic) bond motifs is 1. The lowest BCUT2D eigenvalue weighted by Gasteiger charge is -2.20. The van der Waals surface area contributed by atoms with E-state index in [0.29, 0.717) is 12.5 Å². The number of hydrogen-bond donors (Lipinski definition) is 1. The predicted octanol–water partition coefficient (Wildman–Crippen LogP) is 1.37. The standard InChI is InChI=1S/C14H19NO2/c1-17-14-5-3-2-4-10(14)6-15-7-11-12(8-15)13(11)9-16/h2-5,11-13,16H,6-9H2,1H3. The van der Waals surface area contributed by atoms with Crippen molar-refractivity contribution in [3.8, 4) is 5.75 Å². The quantitative estimate of drug-likeness (QED) is 0.852. The second kappa shape index (κ2) is 4.31. The molecular formula is C14H19NO2. The predicted molar refractivity (Wildman–Crippen MR) is 65.8 cm³/mol. The second-order valence-electron chi connectivity index (χ2n) is 5.18. The van der Waals surface area contributed by atoms with Crippen molar-refractivity contribution in [3.63, 3.8) is 0 Å². The summed E-state index contributed by atoms with van der Waals surface area (Å²) >= 11 is 0. The summed E-state index contributed by atoms with van der Waals surface area (Å²) in [5, 5.41) is 9.13. The van der Waals surface area contributed by atoms with E-state index in [-0.39, 0.29) is 0 Å². The SMILES string of the molecule is COc1ccccc1CN1CC2C(CO)C2C1. The van der Waals surface area contributed by atoms with E-state index in [4.69, 9.17) is 9.84 Å². The van der Waals surface area contributed by atoms with Gasteiger partial charge in [-0.1, -0.05) is 18.2 Å². The zero-order valence-corrected chi connectivity index (χ0v) is 10.2. The van der Waals surface area contributed by atoms with Gasteiger partial charge in [-0.3, -0.25) is 4.90 Å². The average molecular weight is 233 g/mol. The molecule has 1 heterocycles. The highest BCUT2D eigenvalue weighted by molar-refractivity contribution is 5.33. The van der Waals surface area contributed by atoms with Gasteiger partial charge < -0.3 is 9.84 Å². The Labute approximate surface area is 102 Å². The largest absolute Gasteiger partial charge is 0.496 e. The Kier molecular flexibility index (Phi) is 2.81. The number of likely N-dealkylation sites (tertiary alicyclic amines) is 1. The van der Waals surface area contributed by atoms with E-state index in [1.54, 1.807) is 7.11 Å². The molecule has 1 aromatic rings. The smallest absolute Gasteiger partial charge is 0.123 e. The summed E-state index contributed by atoms with van der Waals surface area (Å²) in [5.41, 5.74) is 1.26. The number of para-hydroxylation sites is 1. The molecule has 1 aliphatic carbocycles. The van der Waals surface area contributed by atoms with E-state index in [1.165, 1.54) is 5.56 Å². The number of methoxy groups -OCH3 is 1. The molecular weight excluding hydrogens is 214 g/mol. The van der Waals surface area contributed by atoms with Crippen LogP contribution in [0.5, 0.6) is 5.75 Å². The lowest BCUT2D eigenvalue weighted by atomic mass is 10.2. The van der Waals surface area contributed by atoms with E-state index in [1.807, 2.05) is 12.1 Å². The van der Waals surface area contributed by atoms with Crippen LogP contribution >= 0.6 is 0 Å². The topological polar surface area (TPSA) is 32.7 Å². The maximum Gasteiger partial charge on any atom is 0.123 e. The van der Waals surface area contributed by atoms with Crippen LogP contribution in [0.2, 0.25) is 0 Å². The fourth-order valence-corrected chi connectivity index (χ4v) is 3.21. The molecule has 1 saturated carbocycles. The molecule has 2 unspecified atom stereocenters. The first-order chi connectivity index (χ1) is 8.33. The van der Waals surface area contributed by atoms with Crippen molar-refractivity contribution in [1.29, 1.82) is 0 Å². The van der Waals surface area contributed by atoms with Gasteiger partial charge in [0.1, 0.15) is 5.75 Å². The van der Waals surface area contributed by atoms with Gasteiger partial charge in [0, 0.05) is 31.8 Å². The first-order valence-corrected chi connectivity index (χ1v) is 6.28. The molecule has 17 heavy (non-hydrogen) atoms. The molecule has 0 aromatic heterocycles. The van der Waals surface area contributed by atoms with Gasteiger partial charge in [-0.15, -0.1) is 0 Å². The van der Waals surface area contributed by atoms with Crippen molar-refractivity contribution in [2.75, 3.05) is 26.8 Å². The Morgan fingerprint density at radius 2 is 2.00 bits per heavy atom. The normalized spacial score (nSPS) is 31.3. The highest BCUT2D eigenvalue weighted by Gasteiger charge is 2.54. The van der Waals surface area contributed by atoms with Gasteiger partial charge in [-0.25, -0.2) is 0 Å². The molecule has 1 aliphatic heterocycles. The van der Waals surface area contributed by atoms with Crippen molar-refractivity contribution in [1.82, 2.24) is 4.90 Å². The molecule has 3 rings (SSSR count). The van der Waals surface area contributed by atoms with Crippen LogP contribution in [0.4, 0.5) is 0 Å². The van der Waals surface area contributed by atoms with Crippen LogP contribution in [0, 0.1) is 17.8 Å². The summed E-state index contributed by atoms with van der Waals surface area (Å²) in [5.74, 6) is 3.06. The third-order valence-corrected chi connectivity index (χ3v) is 4.24. The number of rotatable bonds is 4. The van der Waals surface area contributed by atoms with Crippen LogP contribution in [0.3, 0.4) is 0 Å². The van der Waals surface area contributed by atoms with E-state index in [2.05, 4.69) is 17.0 Å². The lowest BCUT2D eigenvalue weighted by molar-refractivity contribution is 0.216. The molecule has 2 fully saturated rings. The average Bonchev–Trinajstić information content (AvgIpc) is 2.84. The Morgan fingerprint density at radius 1 is 1.29 bits per heavy atom. The Balaban J connectivity index is 1.62. The van der Waals surface area contributed by atoms with Gasteiger partial charge in [0.25, 0.3) is 0 Å². The molecule has 1 saturated heterocycles. The summed E-state index contributed by atoms with van der Waals surface area (Å²) in [6.07, 6.45) is 0. The highest BCUT2D eigenvalue weighted by Crippen LogP contribution is 2.51. The lowest BCUT2D eigenvalue weighted by Crippen LogP contribution is -2.24. The van der Waals surface area contributed by atoms with Crippen molar-refractivity contribution in [3.05, 3.63) is 29.8 Å². The Morgan fingerprint density at radius 3 is 2.65 bits per heavy atom. The van der Waals surface area contributed by atoms with Gasteiger partial charge in [0.15, 0.2) is 0 Å². The summed E-state index contributed by atoms with van der Waals surface area (Å²) < 4.78 is 5.37. The molecule has 1 N–H and O–H groups in total. The zero-order valence-electron chi connectivity index (χ0n) is 10.2. The van der Waals surface area contributed by atoms with Crippen molar-refractivity contribution >= 4 is 0 Å². The fraction of sp³-hybridized carbons (Fsp3) is 0.571. The van der Waals surface area contributed by atoms with Crippen molar-refractivity contribution < 1.29 is 9.84 Å². The molecule has 2 atom stereocenters. The molecule has 1 aromatic carbocycles. The van der Waals surface area contributed by atoms with Crippen LogP contribution in [-0.2, 0) is 6.54 Å². The van der Waals surface area contributed by atoms with E-state index in [9.17, 15) is 0 Å². The number of aliphatic hydroxyl groups is 1. The maximum absolute atomic E-state index is 9.13. The second-order valence-corrected chi connectivity index (χ2v) is 5.18. The molecule has 0 amide bonds. The van der Waals surface area contributed by atoms with E-state index in [0.717, 1.165) is 37.2 Å². The van der Waals surface area contributed by atoms with Crippen LogP contribution in [0.1, 0.15) is 5.56 Å². The summed E-state index contributed by atoms with van der Waals surface area (Å²) in [4.78, 5) is 2.47. The molecule has 3 heteroatoms. The van der Waals surface area contributed by atoms with Crippen LogP contribution < -0.4 is 4.74 Å². The molecule has 92 valence electrons. The minimum absolute atomic E-state index is 0.373. The molecule has 0 spiro atoms. The Hall–Kier alpha value is -1.06. The minimum Gasteiger partial charge on any atom is -0.496 e. The molecule has 0 radical (unpaired) electrons. The number of nitrogens with zero attached hydrogens (tertiary/aromatic N) is 1. The van der Waals surface area contributed by atoms with Gasteiger partial charge in [0.05, 0.1) is 7.11 Å².